The lowest BCUT2D eigenvalue weighted by Crippen LogP contribution is -2.40. The number of hydrogen-bond donors (Lipinski definition) is 1. The maximum absolute atomic E-state index is 12.9. The predicted octanol–water partition coefficient (Wildman–Crippen LogP) is 1.99. The molecule has 16 heavy (non-hydrogen) atoms. The van der Waals surface area contributed by atoms with E-state index in [9.17, 15) is 4.39 Å². The molecule has 0 spiro atoms. The molecule has 0 amide bonds. The molecule has 2 rings (SSSR count). The summed E-state index contributed by atoms with van der Waals surface area (Å²) in [5.74, 6) is 0.0269. The van der Waals surface area contributed by atoms with E-state index < -0.39 is 5.95 Å². The first-order chi connectivity index (χ1) is 7.55. The number of ether oxygens (including phenoxy) is 1. The van der Waals surface area contributed by atoms with E-state index in [2.05, 4.69) is 29.1 Å². The number of nitrogens with one attached hydrogen (secondary N) is 1. The monoisotopic (exact) mass is 225 g/mol. The van der Waals surface area contributed by atoms with Gasteiger partial charge in [-0.05, 0) is 26.7 Å². The van der Waals surface area contributed by atoms with Gasteiger partial charge in [-0.15, -0.1) is 0 Å². The molecule has 1 fully saturated rings. The molecule has 1 N–H and O–H groups in total. The van der Waals surface area contributed by atoms with E-state index in [1.54, 1.807) is 0 Å². The summed E-state index contributed by atoms with van der Waals surface area (Å²) in [5, 5.41) is 3.21. The van der Waals surface area contributed by atoms with Gasteiger partial charge in [-0.1, -0.05) is 0 Å². The van der Waals surface area contributed by atoms with Crippen molar-refractivity contribution in [2.75, 3.05) is 11.9 Å². The van der Waals surface area contributed by atoms with Crippen molar-refractivity contribution in [1.29, 1.82) is 0 Å². The van der Waals surface area contributed by atoms with Crippen LogP contribution in [-0.4, -0.2) is 28.2 Å². The second-order valence-electron chi connectivity index (χ2n) is 4.67. The number of anilines is 1. The fraction of sp³-hybridized carbons (Fsp3) is 0.636. The standard InChI is InChI=1S/C11H16FN3O/c1-11(2)6-8(3-4-16-11)15-10-5-9(12)13-7-14-10/h5,7-8H,3-4,6H2,1-2H3,(H,13,14,15). The summed E-state index contributed by atoms with van der Waals surface area (Å²) >= 11 is 0. The smallest absolute Gasteiger partial charge is 0.217 e. The highest BCUT2D eigenvalue weighted by Crippen LogP contribution is 2.25. The lowest BCUT2D eigenvalue weighted by molar-refractivity contribution is -0.0553. The first-order valence-electron chi connectivity index (χ1n) is 5.43. The van der Waals surface area contributed by atoms with E-state index in [4.69, 9.17) is 4.74 Å². The highest BCUT2D eigenvalue weighted by atomic mass is 19.1. The van der Waals surface area contributed by atoms with Gasteiger partial charge < -0.3 is 10.1 Å². The quantitative estimate of drug-likeness (QED) is 0.782. The van der Waals surface area contributed by atoms with Crippen LogP contribution in [0.3, 0.4) is 0 Å². The van der Waals surface area contributed by atoms with Crippen LogP contribution in [0.25, 0.3) is 0 Å². The van der Waals surface area contributed by atoms with E-state index in [1.807, 2.05) is 0 Å². The molecular formula is C11H16FN3O. The minimum Gasteiger partial charge on any atom is -0.375 e. The molecule has 88 valence electrons. The summed E-state index contributed by atoms with van der Waals surface area (Å²) < 4.78 is 18.5. The second kappa shape index (κ2) is 4.33. The van der Waals surface area contributed by atoms with E-state index in [0.29, 0.717) is 5.82 Å². The predicted molar refractivity (Wildman–Crippen MR) is 58.7 cm³/mol. The number of aromatic nitrogens is 2. The van der Waals surface area contributed by atoms with Crippen molar-refractivity contribution < 1.29 is 9.13 Å². The molecule has 4 nitrogen and oxygen atoms in total. The van der Waals surface area contributed by atoms with Crippen molar-refractivity contribution in [3.63, 3.8) is 0 Å². The van der Waals surface area contributed by atoms with Crippen molar-refractivity contribution in [3.05, 3.63) is 18.3 Å². The Morgan fingerprint density at radius 2 is 2.31 bits per heavy atom. The maximum atomic E-state index is 12.9. The molecule has 1 aromatic heterocycles. The molecule has 5 heteroatoms. The van der Waals surface area contributed by atoms with Gasteiger partial charge in [0.2, 0.25) is 5.95 Å². The molecule has 1 saturated heterocycles. The van der Waals surface area contributed by atoms with Gasteiger partial charge in [0.1, 0.15) is 12.1 Å². The normalized spacial score (nSPS) is 24.1. The van der Waals surface area contributed by atoms with E-state index in [1.165, 1.54) is 12.4 Å². The Balaban J connectivity index is 1.99. The highest BCUT2D eigenvalue weighted by molar-refractivity contribution is 5.33. The van der Waals surface area contributed by atoms with Gasteiger partial charge in [-0.3, -0.25) is 0 Å². The molecule has 0 aliphatic carbocycles. The zero-order valence-electron chi connectivity index (χ0n) is 9.53. The van der Waals surface area contributed by atoms with Crippen LogP contribution >= 0.6 is 0 Å². The summed E-state index contributed by atoms with van der Waals surface area (Å²) in [6.07, 6.45) is 3.02. The number of hydrogen-bond acceptors (Lipinski definition) is 4. The summed E-state index contributed by atoms with van der Waals surface area (Å²) in [6.45, 7) is 4.83. The van der Waals surface area contributed by atoms with E-state index in [0.717, 1.165) is 19.4 Å². The molecule has 1 unspecified atom stereocenters. The molecule has 1 aromatic rings. The van der Waals surface area contributed by atoms with Gasteiger partial charge in [0.05, 0.1) is 5.60 Å². The summed E-state index contributed by atoms with van der Waals surface area (Å²) in [4.78, 5) is 7.40. The molecule has 0 radical (unpaired) electrons. The Morgan fingerprint density at radius 3 is 3.00 bits per heavy atom. The van der Waals surface area contributed by atoms with Crippen LogP contribution in [0.4, 0.5) is 10.2 Å². The maximum Gasteiger partial charge on any atom is 0.217 e. The fourth-order valence-corrected chi connectivity index (χ4v) is 1.98. The number of rotatable bonds is 2. The van der Waals surface area contributed by atoms with Crippen LogP contribution in [-0.2, 0) is 4.74 Å². The average molecular weight is 225 g/mol. The van der Waals surface area contributed by atoms with E-state index in [-0.39, 0.29) is 11.6 Å². The van der Waals surface area contributed by atoms with Gasteiger partial charge in [0.25, 0.3) is 0 Å². The van der Waals surface area contributed by atoms with Crippen molar-refractivity contribution in [2.24, 2.45) is 0 Å². The van der Waals surface area contributed by atoms with Crippen molar-refractivity contribution in [1.82, 2.24) is 9.97 Å². The molecule has 0 aromatic carbocycles. The molecule has 1 aliphatic rings. The Hall–Kier alpha value is -1.23. The zero-order chi connectivity index (χ0) is 11.6. The fourth-order valence-electron chi connectivity index (χ4n) is 1.98. The minimum atomic E-state index is -0.510. The van der Waals surface area contributed by atoms with Crippen LogP contribution in [0.2, 0.25) is 0 Å². The first-order valence-corrected chi connectivity index (χ1v) is 5.43. The molecule has 0 saturated carbocycles. The van der Waals surface area contributed by atoms with E-state index >= 15 is 0 Å². The van der Waals surface area contributed by atoms with Crippen LogP contribution in [0.5, 0.6) is 0 Å². The SMILES string of the molecule is CC1(C)CC(Nc2cc(F)ncn2)CCO1. The molecule has 2 heterocycles. The largest absolute Gasteiger partial charge is 0.375 e. The zero-order valence-corrected chi connectivity index (χ0v) is 9.53. The summed E-state index contributed by atoms with van der Waals surface area (Å²) in [6, 6.07) is 1.58. The summed E-state index contributed by atoms with van der Waals surface area (Å²) in [5.41, 5.74) is -0.124. The molecule has 1 aliphatic heterocycles. The number of halogens is 1. The Kier molecular flexibility index (Phi) is 3.05. The Labute approximate surface area is 94.2 Å². The molecule has 0 bridgehead atoms. The van der Waals surface area contributed by atoms with Crippen LogP contribution in [0, 0.1) is 5.95 Å². The van der Waals surface area contributed by atoms with Gasteiger partial charge in [-0.2, -0.15) is 4.39 Å². The lowest BCUT2D eigenvalue weighted by Gasteiger charge is -2.36. The van der Waals surface area contributed by atoms with Gasteiger partial charge in [-0.25, -0.2) is 9.97 Å². The van der Waals surface area contributed by atoms with Crippen molar-refractivity contribution >= 4 is 5.82 Å². The number of nitrogens with zero attached hydrogens (tertiary/aromatic N) is 2. The highest BCUT2D eigenvalue weighted by Gasteiger charge is 2.28. The Morgan fingerprint density at radius 1 is 1.50 bits per heavy atom. The van der Waals surface area contributed by atoms with Crippen LogP contribution in [0.1, 0.15) is 26.7 Å². The van der Waals surface area contributed by atoms with Gasteiger partial charge in [0, 0.05) is 18.7 Å². The third-order valence-corrected chi connectivity index (χ3v) is 2.68. The second-order valence-corrected chi connectivity index (χ2v) is 4.67. The average Bonchev–Trinajstić information content (AvgIpc) is 2.15. The summed E-state index contributed by atoms with van der Waals surface area (Å²) in [7, 11) is 0. The van der Waals surface area contributed by atoms with Crippen molar-refractivity contribution in [3.8, 4) is 0 Å². The minimum absolute atomic E-state index is 0.124. The van der Waals surface area contributed by atoms with Crippen molar-refractivity contribution in [2.45, 2.75) is 38.3 Å². The third-order valence-electron chi connectivity index (χ3n) is 2.68. The topological polar surface area (TPSA) is 47.0 Å². The third kappa shape index (κ3) is 2.88. The first kappa shape index (κ1) is 11.3. The van der Waals surface area contributed by atoms with Crippen LogP contribution in [0.15, 0.2) is 12.4 Å². The molecular weight excluding hydrogens is 209 g/mol. The van der Waals surface area contributed by atoms with Crippen LogP contribution < -0.4 is 5.32 Å². The molecule has 1 atom stereocenters. The van der Waals surface area contributed by atoms with Gasteiger partial charge in [0.15, 0.2) is 0 Å². The Bertz CT molecular complexity index is 370. The lowest BCUT2D eigenvalue weighted by atomic mass is 9.94. The van der Waals surface area contributed by atoms with Gasteiger partial charge >= 0.3 is 0 Å².